The van der Waals surface area contributed by atoms with E-state index < -0.39 is 30.3 Å². The SMILES string of the molecule is Cn1cnc(-c2cnc(O[C@@H]3CCN(C(=O)Cc4ccc(OC(F)(F)F)cc4)C[C@@H]3F)c(C(N)=O)c2)c1. The van der Waals surface area contributed by atoms with Crippen molar-refractivity contribution in [1.82, 2.24) is 19.4 Å². The number of amides is 2. The monoisotopic (exact) mass is 521 g/mol. The molecule has 3 aromatic rings. The first-order chi connectivity index (χ1) is 17.5. The number of likely N-dealkylation sites (tertiary alicyclic amines) is 1. The molecule has 1 saturated heterocycles. The number of hydrogen-bond acceptors (Lipinski definition) is 6. The summed E-state index contributed by atoms with van der Waals surface area (Å²) in [5, 5.41) is 0. The maximum Gasteiger partial charge on any atom is 0.573 e. The largest absolute Gasteiger partial charge is 0.573 e. The third-order valence-electron chi connectivity index (χ3n) is 5.73. The first kappa shape index (κ1) is 25.9. The van der Waals surface area contributed by atoms with Crippen molar-refractivity contribution in [2.75, 3.05) is 13.1 Å². The molecule has 2 aromatic heterocycles. The number of ether oxygens (including phenoxy) is 2. The number of pyridine rings is 1. The van der Waals surface area contributed by atoms with Crippen molar-refractivity contribution in [2.24, 2.45) is 12.8 Å². The summed E-state index contributed by atoms with van der Waals surface area (Å²) in [6.07, 6.45) is -2.57. The lowest BCUT2D eigenvalue weighted by Crippen LogP contribution is -2.49. The Hall–Kier alpha value is -4.16. The smallest absolute Gasteiger partial charge is 0.471 e. The fourth-order valence-electron chi connectivity index (χ4n) is 3.91. The van der Waals surface area contributed by atoms with Gasteiger partial charge in [0.2, 0.25) is 11.8 Å². The average molecular weight is 521 g/mol. The molecule has 1 aromatic carbocycles. The number of carbonyl (C=O) groups is 2. The maximum absolute atomic E-state index is 15.0. The van der Waals surface area contributed by atoms with E-state index >= 15 is 0 Å². The number of nitrogens with two attached hydrogens (primary N) is 1. The van der Waals surface area contributed by atoms with Crippen molar-refractivity contribution in [2.45, 2.75) is 31.5 Å². The number of benzene rings is 1. The van der Waals surface area contributed by atoms with Crippen LogP contribution < -0.4 is 15.2 Å². The molecule has 9 nitrogen and oxygen atoms in total. The van der Waals surface area contributed by atoms with Gasteiger partial charge in [0, 0.05) is 38.0 Å². The number of primary amides is 1. The number of imidazole rings is 1. The van der Waals surface area contributed by atoms with Crippen molar-refractivity contribution in [3.8, 4) is 22.9 Å². The van der Waals surface area contributed by atoms with Crippen molar-refractivity contribution in [3.63, 3.8) is 0 Å². The van der Waals surface area contributed by atoms with E-state index in [4.69, 9.17) is 10.5 Å². The lowest BCUT2D eigenvalue weighted by atomic mass is 10.0. The minimum absolute atomic E-state index is 0.0215. The molecule has 1 fully saturated rings. The zero-order valence-electron chi connectivity index (χ0n) is 19.6. The van der Waals surface area contributed by atoms with Crippen LogP contribution in [0.15, 0.2) is 49.1 Å². The Kier molecular flexibility index (Phi) is 7.32. The van der Waals surface area contributed by atoms with Crippen LogP contribution in [0.2, 0.25) is 0 Å². The Bertz CT molecular complexity index is 1280. The molecule has 1 aliphatic heterocycles. The average Bonchev–Trinajstić information content (AvgIpc) is 3.27. The van der Waals surface area contributed by atoms with Gasteiger partial charge in [0.15, 0.2) is 6.17 Å². The van der Waals surface area contributed by atoms with Crippen LogP contribution in [0.4, 0.5) is 17.6 Å². The molecule has 1 aliphatic rings. The molecule has 3 heterocycles. The zero-order valence-corrected chi connectivity index (χ0v) is 19.6. The van der Waals surface area contributed by atoms with Crippen molar-refractivity contribution >= 4 is 11.8 Å². The minimum Gasteiger partial charge on any atom is -0.471 e. The number of alkyl halides is 4. The lowest BCUT2D eigenvalue weighted by molar-refractivity contribution is -0.274. The molecule has 2 atom stereocenters. The highest BCUT2D eigenvalue weighted by Crippen LogP contribution is 2.27. The van der Waals surface area contributed by atoms with E-state index in [-0.39, 0.29) is 43.3 Å². The second-order valence-corrected chi connectivity index (χ2v) is 8.53. The fourth-order valence-corrected chi connectivity index (χ4v) is 3.91. The molecule has 2 N–H and O–H groups in total. The first-order valence-corrected chi connectivity index (χ1v) is 11.2. The number of nitrogens with zero attached hydrogens (tertiary/aromatic N) is 4. The second kappa shape index (κ2) is 10.4. The first-order valence-electron chi connectivity index (χ1n) is 11.2. The standard InChI is InChI=1S/C24H23F4N5O4/c1-32-12-19(31-13-32)15-9-17(22(29)35)23(30-10-15)36-20-6-7-33(11-18(20)25)21(34)8-14-2-4-16(5-3-14)37-24(26,27)28/h2-5,9-10,12-13,18,20H,6-8,11H2,1H3,(H2,29,35)/t18-,20+/m0/s1. The summed E-state index contributed by atoms with van der Waals surface area (Å²) in [5.41, 5.74) is 7.03. The summed E-state index contributed by atoms with van der Waals surface area (Å²) in [6, 6.07) is 6.37. The van der Waals surface area contributed by atoms with E-state index in [1.165, 1.54) is 29.3 Å². The summed E-state index contributed by atoms with van der Waals surface area (Å²) in [5.74, 6) is -1.69. The Morgan fingerprint density at radius 2 is 1.92 bits per heavy atom. The highest BCUT2D eigenvalue weighted by Gasteiger charge is 2.34. The van der Waals surface area contributed by atoms with Crippen molar-refractivity contribution in [3.05, 3.63) is 60.2 Å². The van der Waals surface area contributed by atoms with Crippen LogP contribution in [0, 0.1) is 0 Å². The summed E-state index contributed by atoms with van der Waals surface area (Å²) >= 11 is 0. The van der Waals surface area contributed by atoms with Crippen molar-refractivity contribution < 1.29 is 36.6 Å². The van der Waals surface area contributed by atoms with Crippen LogP contribution >= 0.6 is 0 Å². The number of rotatable bonds is 7. The van der Waals surface area contributed by atoms with E-state index in [1.54, 1.807) is 24.1 Å². The molecule has 4 rings (SSSR count). The molecule has 37 heavy (non-hydrogen) atoms. The Labute approximate surface area is 208 Å². The van der Waals surface area contributed by atoms with Crippen LogP contribution in [0.25, 0.3) is 11.3 Å². The molecule has 0 aliphatic carbocycles. The number of aromatic nitrogens is 3. The van der Waals surface area contributed by atoms with Crippen LogP contribution in [-0.4, -0.2) is 63.0 Å². The predicted molar refractivity (Wildman–Crippen MR) is 122 cm³/mol. The summed E-state index contributed by atoms with van der Waals surface area (Å²) in [7, 11) is 1.79. The molecular weight excluding hydrogens is 498 g/mol. The molecule has 0 radical (unpaired) electrons. The van der Waals surface area contributed by atoms with Gasteiger partial charge in [-0.15, -0.1) is 13.2 Å². The van der Waals surface area contributed by atoms with Gasteiger partial charge in [-0.25, -0.2) is 14.4 Å². The van der Waals surface area contributed by atoms with Gasteiger partial charge in [-0.3, -0.25) is 9.59 Å². The van der Waals surface area contributed by atoms with Gasteiger partial charge >= 0.3 is 6.36 Å². The molecule has 13 heteroatoms. The lowest BCUT2D eigenvalue weighted by Gasteiger charge is -2.34. The quantitative estimate of drug-likeness (QED) is 0.479. The Morgan fingerprint density at radius 3 is 2.51 bits per heavy atom. The molecule has 0 unspecified atom stereocenters. The summed E-state index contributed by atoms with van der Waals surface area (Å²) in [4.78, 5) is 34.3. The molecular formula is C24H23F4N5O4. The van der Waals surface area contributed by atoms with E-state index in [1.807, 2.05) is 0 Å². The van der Waals surface area contributed by atoms with E-state index in [0.717, 1.165) is 12.1 Å². The highest BCUT2D eigenvalue weighted by molar-refractivity contribution is 5.96. The third-order valence-corrected chi connectivity index (χ3v) is 5.73. The third kappa shape index (κ3) is 6.54. The van der Waals surface area contributed by atoms with Crippen LogP contribution in [-0.2, 0) is 18.3 Å². The number of piperidine rings is 1. The number of hydrogen-bond donors (Lipinski definition) is 1. The van der Waals surface area contributed by atoms with Gasteiger partial charge in [0.25, 0.3) is 5.91 Å². The van der Waals surface area contributed by atoms with Gasteiger partial charge in [0.1, 0.15) is 17.4 Å². The maximum atomic E-state index is 15.0. The predicted octanol–water partition coefficient (Wildman–Crippen LogP) is 3.04. The van der Waals surface area contributed by atoms with E-state index in [9.17, 15) is 27.2 Å². The van der Waals surface area contributed by atoms with Crippen LogP contribution in [0.1, 0.15) is 22.3 Å². The topological polar surface area (TPSA) is 113 Å². The van der Waals surface area contributed by atoms with Crippen LogP contribution in [0.3, 0.4) is 0 Å². The van der Waals surface area contributed by atoms with Gasteiger partial charge in [-0.05, 0) is 23.8 Å². The van der Waals surface area contributed by atoms with Crippen molar-refractivity contribution in [1.29, 1.82) is 0 Å². The molecule has 0 saturated carbocycles. The minimum atomic E-state index is -4.81. The second-order valence-electron chi connectivity index (χ2n) is 8.53. The number of carbonyl (C=O) groups excluding carboxylic acids is 2. The van der Waals surface area contributed by atoms with E-state index in [0.29, 0.717) is 16.8 Å². The fraction of sp³-hybridized carbons (Fsp3) is 0.333. The van der Waals surface area contributed by atoms with Gasteiger partial charge in [-0.2, -0.15) is 0 Å². The summed E-state index contributed by atoms with van der Waals surface area (Å²) < 4.78 is 63.1. The Balaban J connectivity index is 1.37. The van der Waals surface area contributed by atoms with Gasteiger partial charge in [-0.1, -0.05) is 12.1 Å². The Morgan fingerprint density at radius 1 is 1.19 bits per heavy atom. The number of halogens is 4. The van der Waals surface area contributed by atoms with Crippen LogP contribution in [0.5, 0.6) is 11.6 Å². The number of aryl methyl sites for hydroxylation is 1. The zero-order chi connectivity index (χ0) is 26.7. The highest BCUT2D eigenvalue weighted by atomic mass is 19.4. The normalized spacial score (nSPS) is 17.9. The summed E-state index contributed by atoms with van der Waals surface area (Å²) in [6.45, 7) is -0.0756. The molecule has 2 amide bonds. The van der Waals surface area contributed by atoms with Gasteiger partial charge in [0.05, 0.1) is 25.0 Å². The molecule has 196 valence electrons. The molecule has 0 spiro atoms. The van der Waals surface area contributed by atoms with E-state index in [2.05, 4.69) is 14.7 Å². The van der Waals surface area contributed by atoms with Gasteiger partial charge < -0.3 is 24.7 Å². The molecule has 0 bridgehead atoms.